The molecule has 7 heteroatoms. The van der Waals surface area contributed by atoms with Gasteiger partial charge in [0, 0.05) is 5.39 Å². The third-order valence-electron chi connectivity index (χ3n) is 3.20. The van der Waals surface area contributed by atoms with Crippen molar-refractivity contribution in [1.82, 2.24) is 5.32 Å². The van der Waals surface area contributed by atoms with Crippen LogP contribution >= 0.6 is 11.8 Å². The molecular weight excluding hydrogens is 318 g/mol. The average Bonchev–Trinajstić information content (AvgIpc) is 2.84. The highest BCUT2D eigenvalue weighted by Gasteiger charge is 2.25. The third kappa shape index (κ3) is 3.19. The number of thioether (sulfide) groups is 1. The van der Waals surface area contributed by atoms with Gasteiger partial charge in [0.25, 0.3) is 11.1 Å². The number of carbonyl (C=O) groups excluding carboxylic acids is 2. The predicted octanol–water partition coefficient (Wildman–Crippen LogP) is 2.63. The molecule has 0 bridgehead atoms. The number of carbonyl (C=O) groups is 3. The molecule has 0 saturated carbocycles. The van der Waals surface area contributed by atoms with Crippen LogP contribution in [0.4, 0.5) is 4.79 Å². The smallest absolute Gasteiger partial charge is 0.341 e. The van der Waals surface area contributed by atoms with Gasteiger partial charge in [-0.2, -0.15) is 0 Å². The molecule has 0 aromatic heterocycles. The highest BCUT2D eigenvalue weighted by atomic mass is 32.2. The summed E-state index contributed by atoms with van der Waals surface area (Å²) in [6.45, 7) is -0.433. The van der Waals surface area contributed by atoms with E-state index in [0.717, 1.165) is 28.1 Å². The fraction of sp³-hybridized carbons (Fsp3) is 0.0625. The summed E-state index contributed by atoms with van der Waals surface area (Å²) in [7, 11) is 0. The summed E-state index contributed by atoms with van der Waals surface area (Å²) in [4.78, 5) is 33.9. The van der Waals surface area contributed by atoms with Crippen molar-refractivity contribution in [2.24, 2.45) is 0 Å². The number of ether oxygens (including phenoxy) is 1. The lowest BCUT2D eigenvalue weighted by molar-refractivity contribution is -0.139. The van der Waals surface area contributed by atoms with Crippen LogP contribution in [0.3, 0.4) is 0 Å². The summed E-state index contributed by atoms with van der Waals surface area (Å²) >= 11 is 0.848. The molecule has 6 nitrogen and oxygen atoms in total. The van der Waals surface area contributed by atoms with Gasteiger partial charge in [0.1, 0.15) is 5.75 Å². The van der Waals surface area contributed by atoms with Crippen LogP contribution in [-0.2, 0) is 9.59 Å². The van der Waals surface area contributed by atoms with E-state index in [9.17, 15) is 14.4 Å². The molecule has 3 rings (SSSR count). The van der Waals surface area contributed by atoms with Crippen LogP contribution in [-0.4, -0.2) is 28.8 Å². The average molecular weight is 329 g/mol. The number of fused-ring (bicyclic) bond motifs is 1. The monoisotopic (exact) mass is 329 g/mol. The van der Waals surface area contributed by atoms with E-state index in [0.29, 0.717) is 10.7 Å². The van der Waals surface area contributed by atoms with Gasteiger partial charge >= 0.3 is 5.97 Å². The molecule has 1 aliphatic heterocycles. The number of benzene rings is 2. The molecule has 1 saturated heterocycles. The number of imide groups is 1. The van der Waals surface area contributed by atoms with Gasteiger partial charge < -0.3 is 9.84 Å². The maximum Gasteiger partial charge on any atom is 0.341 e. The molecule has 1 aliphatic rings. The Balaban J connectivity index is 2.04. The fourth-order valence-electron chi connectivity index (χ4n) is 2.25. The fourth-order valence-corrected chi connectivity index (χ4v) is 2.92. The van der Waals surface area contributed by atoms with Crippen LogP contribution in [0, 0.1) is 0 Å². The van der Waals surface area contributed by atoms with E-state index in [2.05, 4.69) is 5.32 Å². The van der Waals surface area contributed by atoms with Gasteiger partial charge in [-0.05, 0) is 34.9 Å². The van der Waals surface area contributed by atoms with Crippen molar-refractivity contribution in [3.05, 3.63) is 46.9 Å². The van der Waals surface area contributed by atoms with Crippen molar-refractivity contribution >= 4 is 45.7 Å². The lowest BCUT2D eigenvalue weighted by Gasteiger charge is -2.10. The normalized spacial score (nSPS) is 15.9. The molecule has 0 aliphatic carbocycles. The quantitative estimate of drug-likeness (QED) is 0.838. The minimum atomic E-state index is -1.06. The van der Waals surface area contributed by atoms with E-state index in [1.165, 1.54) is 0 Å². The van der Waals surface area contributed by atoms with E-state index < -0.39 is 23.7 Å². The summed E-state index contributed by atoms with van der Waals surface area (Å²) < 4.78 is 5.29. The first-order valence-corrected chi connectivity index (χ1v) is 7.47. The van der Waals surface area contributed by atoms with Crippen LogP contribution in [0.15, 0.2) is 41.3 Å². The Morgan fingerprint density at radius 2 is 1.91 bits per heavy atom. The van der Waals surface area contributed by atoms with Crippen LogP contribution in [0.1, 0.15) is 5.56 Å². The van der Waals surface area contributed by atoms with Crippen molar-refractivity contribution in [3.8, 4) is 5.75 Å². The molecule has 116 valence electrons. The van der Waals surface area contributed by atoms with Gasteiger partial charge in [-0.3, -0.25) is 14.9 Å². The van der Waals surface area contributed by atoms with Gasteiger partial charge in [0.2, 0.25) is 0 Å². The second-order valence-corrected chi connectivity index (χ2v) is 5.75. The zero-order valence-electron chi connectivity index (χ0n) is 11.7. The molecular formula is C16H11NO5S. The Morgan fingerprint density at radius 1 is 1.17 bits per heavy atom. The van der Waals surface area contributed by atoms with E-state index in [-0.39, 0.29) is 0 Å². The lowest BCUT2D eigenvalue weighted by atomic mass is 10.0. The first-order chi connectivity index (χ1) is 11.0. The van der Waals surface area contributed by atoms with Gasteiger partial charge in [0.15, 0.2) is 6.61 Å². The number of hydrogen-bond acceptors (Lipinski definition) is 5. The lowest BCUT2D eigenvalue weighted by Crippen LogP contribution is -2.17. The summed E-state index contributed by atoms with van der Waals surface area (Å²) in [6, 6.07) is 10.7. The SMILES string of the molecule is O=C(O)COc1ccc(/C=C2/SC(=O)NC2=O)c2ccccc12. The molecule has 2 N–H and O–H groups in total. The van der Waals surface area contributed by atoms with Gasteiger partial charge in [-0.15, -0.1) is 0 Å². The van der Waals surface area contributed by atoms with Crippen LogP contribution in [0.25, 0.3) is 16.8 Å². The Morgan fingerprint density at radius 3 is 2.57 bits per heavy atom. The maximum atomic E-state index is 11.7. The number of nitrogens with one attached hydrogen (secondary N) is 1. The minimum absolute atomic E-state index is 0.319. The molecule has 23 heavy (non-hydrogen) atoms. The van der Waals surface area contributed by atoms with E-state index >= 15 is 0 Å². The van der Waals surface area contributed by atoms with Crippen LogP contribution < -0.4 is 10.1 Å². The van der Waals surface area contributed by atoms with Crippen molar-refractivity contribution in [2.45, 2.75) is 0 Å². The highest BCUT2D eigenvalue weighted by molar-refractivity contribution is 8.18. The van der Waals surface area contributed by atoms with E-state index in [1.807, 2.05) is 24.3 Å². The van der Waals surface area contributed by atoms with Crippen molar-refractivity contribution in [3.63, 3.8) is 0 Å². The molecule has 0 atom stereocenters. The van der Waals surface area contributed by atoms with Crippen molar-refractivity contribution in [2.75, 3.05) is 6.61 Å². The molecule has 1 heterocycles. The molecule has 2 amide bonds. The van der Waals surface area contributed by atoms with Gasteiger partial charge in [0.05, 0.1) is 4.91 Å². The number of carboxylic acids is 1. The minimum Gasteiger partial charge on any atom is -0.481 e. The second-order valence-electron chi connectivity index (χ2n) is 4.73. The highest BCUT2D eigenvalue weighted by Crippen LogP contribution is 2.32. The Bertz CT molecular complexity index is 859. The largest absolute Gasteiger partial charge is 0.481 e. The van der Waals surface area contributed by atoms with E-state index in [1.54, 1.807) is 18.2 Å². The standard InChI is InChI=1S/C16H11NO5S/c18-14(19)8-22-12-6-5-9(10-3-1-2-4-11(10)12)7-13-15(20)17-16(21)23-13/h1-7H,8H2,(H,18,19)(H,17,20,21)/b13-7+. The Hall–Kier alpha value is -2.80. The zero-order chi connectivity index (χ0) is 16.4. The van der Waals surface area contributed by atoms with Gasteiger partial charge in [-0.25, -0.2) is 4.79 Å². The second kappa shape index (κ2) is 6.13. The molecule has 0 radical (unpaired) electrons. The summed E-state index contributed by atoms with van der Waals surface area (Å²) in [5.74, 6) is -1.03. The predicted molar refractivity (Wildman–Crippen MR) is 86.2 cm³/mol. The number of amides is 2. The van der Waals surface area contributed by atoms with Crippen LogP contribution in [0.2, 0.25) is 0 Å². The summed E-state index contributed by atoms with van der Waals surface area (Å²) in [6.07, 6.45) is 1.63. The van der Waals surface area contributed by atoms with Crippen molar-refractivity contribution < 1.29 is 24.2 Å². The Labute approximate surface area is 135 Å². The Kier molecular flexibility index (Phi) is 4.03. The molecule has 1 fully saturated rings. The topological polar surface area (TPSA) is 92.7 Å². The molecule has 2 aromatic rings. The number of aliphatic carboxylic acids is 1. The van der Waals surface area contributed by atoms with Crippen molar-refractivity contribution in [1.29, 1.82) is 0 Å². The molecule has 0 unspecified atom stereocenters. The number of hydrogen-bond donors (Lipinski definition) is 2. The summed E-state index contributed by atoms with van der Waals surface area (Å²) in [5, 5.41) is 12.1. The molecule has 0 spiro atoms. The maximum absolute atomic E-state index is 11.7. The number of rotatable bonds is 4. The molecule has 2 aromatic carbocycles. The zero-order valence-corrected chi connectivity index (χ0v) is 12.6. The van der Waals surface area contributed by atoms with Crippen LogP contribution in [0.5, 0.6) is 5.75 Å². The number of carboxylic acid groups (broad SMARTS) is 1. The van der Waals surface area contributed by atoms with E-state index in [4.69, 9.17) is 9.84 Å². The first kappa shape index (κ1) is 15.1. The third-order valence-corrected chi connectivity index (χ3v) is 4.01. The van der Waals surface area contributed by atoms with Gasteiger partial charge in [-0.1, -0.05) is 30.3 Å². The first-order valence-electron chi connectivity index (χ1n) is 6.66. The summed E-state index contributed by atoms with van der Waals surface area (Å²) in [5.41, 5.74) is 0.746.